The van der Waals surface area contributed by atoms with E-state index in [0.717, 1.165) is 0 Å². The van der Waals surface area contributed by atoms with E-state index < -0.39 is 23.4 Å². The smallest absolute Gasteiger partial charge is 0.317 e. The van der Waals surface area contributed by atoms with Gasteiger partial charge in [0.25, 0.3) is 0 Å². The maximum absolute atomic E-state index is 11.3. The van der Waals surface area contributed by atoms with Gasteiger partial charge in [-0.15, -0.1) is 0 Å². The van der Waals surface area contributed by atoms with Crippen LogP contribution in [0, 0.1) is 0 Å². The van der Waals surface area contributed by atoms with Crippen molar-refractivity contribution in [1.29, 1.82) is 0 Å². The highest BCUT2D eigenvalue weighted by atomic mass is 16.4. The summed E-state index contributed by atoms with van der Waals surface area (Å²) in [6, 6.07) is 0. The lowest BCUT2D eigenvalue weighted by molar-refractivity contribution is -0.143. The Morgan fingerprint density at radius 3 is 1.80 bits per heavy atom. The lowest BCUT2D eigenvalue weighted by atomic mass is 9.91. The van der Waals surface area contributed by atoms with Crippen molar-refractivity contribution in [3.05, 3.63) is 0 Å². The molecule has 0 unspecified atom stereocenters. The Kier molecular flexibility index (Phi) is 8.23. The van der Waals surface area contributed by atoms with Crippen LogP contribution in [0.3, 0.4) is 0 Å². The normalized spacial score (nSPS) is 18.8. The average Bonchev–Trinajstić information content (AvgIpc) is 2.64. The zero-order chi connectivity index (χ0) is 19.0. The Bertz CT molecular complexity index is 461. The first kappa shape index (κ1) is 21.3. The lowest BCUT2D eigenvalue weighted by Crippen LogP contribution is -2.61. The summed E-state index contributed by atoms with van der Waals surface area (Å²) in [5, 5.41) is 27.5. The zero-order valence-electron chi connectivity index (χ0n) is 14.6. The third-order valence-corrected chi connectivity index (χ3v) is 4.47. The molecule has 0 spiro atoms. The van der Waals surface area contributed by atoms with E-state index in [0.29, 0.717) is 39.1 Å². The van der Waals surface area contributed by atoms with Gasteiger partial charge in [-0.2, -0.15) is 0 Å². The van der Waals surface area contributed by atoms with Gasteiger partial charge in [-0.3, -0.25) is 29.1 Å². The van der Waals surface area contributed by atoms with E-state index in [4.69, 9.17) is 15.9 Å². The molecular formula is C15H28N4O6. The first-order valence-corrected chi connectivity index (χ1v) is 8.27. The van der Waals surface area contributed by atoms with Crippen molar-refractivity contribution in [3.8, 4) is 0 Å². The Hall–Kier alpha value is -1.75. The number of carbonyl (C=O) groups is 3. The van der Waals surface area contributed by atoms with Crippen LogP contribution in [0.4, 0.5) is 0 Å². The Morgan fingerprint density at radius 1 is 1.00 bits per heavy atom. The number of nitrogens with zero attached hydrogens (tertiary/aromatic N) is 3. The number of aliphatic carboxylic acids is 3. The molecule has 10 heteroatoms. The van der Waals surface area contributed by atoms with E-state index in [1.54, 1.807) is 14.7 Å². The second kappa shape index (κ2) is 9.66. The van der Waals surface area contributed by atoms with Crippen molar-refractivity contribution >= 4 is 17.9 Å². The number of carboxylic acids is 3. The summed E-state index contributed by atoms with van der Waals surface area (Å²) >= 11 is 0. The number of rotatable bonds is 10. The Balaban J connectivity index is 3.19. The molecule has 0 saturated carbocycles. The van der Waals surface area contributed by atoms with Crippen LogP contribution in [0.5, 0.6) is 0 Å². The van der Waals surface area contributed by atoms with E-state index in [1.807, 2.05) is 6.92 Å². The molecule has 0 bridgehead atoms. The quantitative estimate of drug-likeness (QED) is 0.354. The first-order chi connectivity index (χ1) is 11.7. The molecule has 0 aromatic carbocycles. The SMILES string of the molecule is CCN(CC(=O)O)C1(CCN)CN(CC(=O)O)CCN(CC(=O)O)C1. The molecule has 0 radical (unpaired) electrons. The maximum atomic E-state index is 11.3. The van der Waals surface area contributed by atoms with Crippen molar-refractivity contribution in [2.45, 2.75) is 18.9 Å². The van der Waals surface area contributed by atoms with Crippen molar-refractivity contribution in [2.24, 2.45) is 5.73 Å². The largest absolute Gasteiger partial charge is 0.480 e. The minimum atomic E-state index is -0.989. The van der Waals surface area contributed by atoms with Crippen LogP contribution in [-0.2, 0) is 14.4 Å². The summed E-state index contributed by atoms with van der Waals surface area (Å²) in [6.45, 7) is 3.43. The number of carboxylic acid groups (broad SMARTS) is 3. The minimum Gasteiger partial charge on any atom is -0.480 e. The molecule has 1 rings (SSSR count). The molecule has 1 heterocycles. The molecule has 0 atom stereocenters. The molecule has 144 valence electrons. The average molecular weight is 360 g/mol. The highest BCUT2D eigenvalue weighted by Crippen LogP contribution is 2.25. The van der Waals surface area contributed by atoms with Crippen molar-refractivity contribution in [3.63, 3.8) is 0 Å². The molecule has 0 amide bonds. The second-order valence-corrected chi connectivity index (χ2v) is 6.38. The number of likely N-dealkylation sites (N-methyl/N-ethyl adjacent to an activating group) is 1. The first-order valence-electron chi connectivity index (χ1n) is 8.27. The fourth-order valence-corrected chi connectivity index (χ4v) is 3.54. The second-order valence-electron chi connectivity index (χ2n) is 6.38. The molecule has 0 aromatic rings. The molecule has 1 aliphatic heterocycles. The minimum absolute atomic E-state index is 0.183. The van der Waals surface area contributed by atoms with Crippen LogP contribution < -0.4 is 5.73 Å². The summed E-state index contributed by atoms with van der Waals surface area (Å²) in [7, 11) is 0. The van der Waals surface area contributed by atoms with E-state index >= 15 is 0 Å². The molecule has 1 saturated heterocycles. The number of nitrogens with two attached hydrogens (primary N) is 1. The molecule has 0 aliphatic carbocycles. The van der Waals surface area contributed by atoms with E-state index in [2.05, 4.69) is 0 Å². The molecule has 1 aliphatic rings. The van der Waals surface area contributed by atoms with Crippen LogP contribution in [0.15, 0.2) is 0 Å². The van der Waals surface area contributed by atoms with Crippen LogP contribution in [0.25, 0.3) is 0 Å². The highest BCUT2D eigenvalue weighted by Gasteiger charge is 2.42. The van der Waals surface area contributed by atoms with Gasteiger partial charge in [-0.25, -0.2) is 0 Å². The van der Waals surface area contributed by atoms with E-state index in [1.165, 1.54) is 0 Å². The third-order valence-electron chi connectivity index (χ3n) is 4.47. The van der Waals surface area contributed by atoms with Gasteiger partial charge in [0.2, 0.25) is 0 Å². The molecular weight excluding hydrogens is 332 g/mol. The van der Waals surface area contributed by atoms with Crippen molar-refractivity contribution < 1.29 is 29.7 Å². The van der Waals surface area contributed by atoms with Crippen LogP contribution in [0.2, 0.25) is 0 Å². The monoisotopic (exact) mass is 360 g/mol. The lowest BCUT2D eigenvalue weighted by Gasteiger charge is -2.45. The maximum Gasteiger partial charge on any atom is 0.317 e. The van der Waals surface area contributed by atoms with Crippen LogP contribution >= 0.6 is 0 Å². The van der Waals surface area contributed by atoms with Gasteiger partial charge in [0.1, 0.15) is 0 Å². The van der Waals surface area contributed by atoms with Gasteiger partial charge in [0, 0.05) is 31.7 Å². The van der Waals surface area contributed by atoms with E-state index in [9.17, 15) is 19.5 Å². The fraction of sp³-hybridized carbons (Fsp3) is 0.800. The summed E-state index contributed by atoms with van der Waals surface area (Å²) in [4.78, 5) is 38.8. The number of hydrogen-bond donors (Lipinski definition) is 4. The highest BCUT2D eigenvalue weighted by molar-refractivity contribution is 5.70. The molecule has 1 fully saturated rings. The van der Waals surface area contributed by atoms with Gasteiger partial charge < -0.3 is 21.1 Å². The van der Waals surface area contributed by atoms with Gasteiger partial charge in [0.05, 0.1) is 19.6 Å². The van der Waals surface area contributed by atoms with Gasteiger partial charge in [-0.1, -0.05) is 6.92 Å². The van der Waals surface area contributed by atoms with Crippen molar-refractivity contribution in [2.75, 3.05) is 58.9 Å². The van der Waals surface area contributed by atoms with Gasteiger partial charge in [-0.05, 0) is 19.5 Å². The van der Waals surface area contributed by atoms with Crippen LogP contribution in [0.1, 0.15) is 13.3 Å². The Morgan fingerprint density at radius 2 is 1.48 bits per heavy atom. The van der Waals surface area contributed by atoms with Gasteiger partial charge >= 0.3 is 17.9 Å². The zero-order valence-corrected chi connectivity index (χ0v) is 14.6. The topological polar surface area (TPSA) is 148 Å². The third kappa shape index (κ3) is 6.58. The summed E-state index contributed by atoms with van der Waals surface area (Å²) < 4.78 is 0. The molecule has 0 aromatic heterocycles. The summed E-state index contributed by atoms with van der Waals surface area (Å²) in [5.74, 6) is -2.94. The Labute approximate surface area is 146 Å². The summed E-state index contributed by atoms with van der Waals surface area (Å²) in [6.07, 6.45) is 0.445. The fourth-order valence-electron chi connectivity index (χ4n) is 3.54. The van der Waals surface area contributed by atoms with Gasteiger partial charge in [0.15, 0.2) is 0 Å². The van der Waals surface area contributed by atoms with E-state index in [-0.39, 0.29) is 26.2 Å². The molecule has 5 N–H and O–H groups in total. The van der Waals surface area contributed by atoms with Crippen molar-refractivity contribution in [1.82, 2.24) is 14.7 Å². The molecule has 25 heavy (non-hydrogen) atoms. The summed E-state index contributed by atoms with van der Waals surface area (Å²) in [5.41, 5.74) is 5.05. The predicted molar refractivity (Wildman–Crippen MR) is 89.4 cm³/mol. The van der Waals surface area contributed by atoms with Crippen LogP contribution in [-0.4, -0.2) is 112 Å². The number of hydrogen-bond acceptors (Lipinski definition) is 7. The standard InChI is InChI=1S/C15H28N4O6/c1-2-19(9-14(24)25)15(3-4-16)10-17(7-12(20)21)5-6-18(11-15)8-13(22)23/h2-11,16H2,1H3,(H,20,21)(H,22,23)(H,24,25). The molecule has 10 nitrogen and oxygen atoms in total. The predicted octanol–water partition coefficient (Wildman–Crippen LogP) is -1.73.